The highest BCUT2D eigenvalue weighted by Gasteiger charge is 2.23. The molecule has 0 bridgehead atoms. The van der Waals surface area contributed by atoms with Crippen molar-refractivity contribution in [2.24, 2.45) is 0 Å². The van der Waals surface area contributed by atoms with Crippen molar-refractivity contribution in [1.29, 1.82) is 0 Å². The van der Waals surface area contributed by atoms with Gasteiger partial charge in [0.05, 0.1) is 21.4 Å². The minimum absolute atomic E-state index is 0.573. The highest BCUT2D eigenvalue weighted by molar-refractivity contribution is 7.26. The molecule has 0 aliphatic rings. The Morgan fingerprint density at radius 2 is 0.926 bits per heavy atom. The molecule has 5 nitrogen and oxygen atoms in total. The topological polar surface area (TPSA) is 56.5 Å². The number of benzene rings is 9. The van der Waals surface area contributed by atoms with Crippen LogP contribution in [0.3, 0.4) is 0 Å². The van der Waals surface area contributed by atoms with Crippen LogP contribution in [0.25, 0.3) is 126 Å². The lowest BCUT2D eigenvalue weighted by Gasteiger charge is -2.16. The van der Waals surface area contributed by atoms with Crippen molar-refractivity contribution in [3.63, 3.8) is 0 Å². The summed E-state index contributed by atoms with van der Waals surface area (Å²) in [5.74, 6) is 1.78. The van der Waals surface area contributed by atoms with Crippen molar-refractivity contribution in [3.8, 4) is 84.5 Å². The number of thiophene rings is 1. The summed E-state index contributed by atoms with van der Waals surface area (Å²) >= 11 is 1.84. The fraction of sp³-hybridized carbons (Fsp3) is 0. The van der Waals surface area contributed by atoms with Crippen molar-refractivity contribution in [3.05, 3.63) is 237 Å². The second-order valence-electron chi connectivity index (χ2n) is 17.0. The van der Waals surface area contributed by atoms with Gasteiger partial charge in [-0.1, -0.05) is 194 Å². The molecule has 0 saturated carbocycles. The highest BCUT2D eigenvalue weighted by Crippen LogP contribution is 2.47. The van der Waals surface area contributed by atoms with E-state index in [2.05, 4.69) is 199 Å². The third-order valence-electron chi connectivity index (χ3n) is 12.9. The van der Waals surface area contributed by atoms with E-state index in [1.54, 1.807) is 0 Å². The van der Waals surface area contributed by atoms with Crippen LogP contribution in [0.1, 0.15) is 0 Å². The summed E-state index contributed by atoms with van der Waals surface area (Å²) in [4.78, 5) is 21.1. The van der Waals surface area contributed by atoms with Gasteiger partial charge in [0, 0.05) is 65.9 Å². The van der Waals surface area contributed by atoms with Gasteiger partial charge in [-0.25, -0.2) is 15.0 Å². The zero-order chi connectivity index (χ0) is 45.0. The second kappa shape index (κ2) is 16.5. The van der Waals surface area contributed by atoms with E-state index in [1.807, 2.05) is 53.9 Å². The predicted molar refractivity (Wildman–Crippen MR) is 283 cm³/mol. The van der Waals surface area contributed by atoms with E-state index in [9.17, 15) is 0 Å². The normalized spacial score (nSPS) is 11.5. The van der Waals surface area contributed by atoms with Crippen LogP contribution in [0.5, 0.6) is 0 Å². The number of para-hydroxylation sites is 2. The Bertz CT molecular complexity index is 3940. The van der Waals surface area contributed by atoms with E-state index in [0.717, 1.165) is 67.0 Å². The molecule has 0 fully saturated rings. The molecule has 4 aromatic heterocycles. The molecule has 318 valence electrons. The van der Waals surface area contributed by atoms with Crippen LogP contribution >= 0.6 is 11.3 Å². The van der Waals surface area contributed by atoms with Gasteiger partial charge < -0.3 is 4.57 Å². The molecule has 68 heavy (non-hydrogen) atoms. The molecule has 0 amide bonds. The van der Waals surface area contributed by atoms with Crippen LogP contribution in [-0.2, 0) is 0 Å². The SMILES string of the molecule is c1ccc(-c2nc(-c3ccccc3)nc(-c3cc(-c4ccc(-c5ccccc5)c(-c5ccccc5)c4)ncc3-c3cccc4sc5c(ccc6c7ccccc7n(-c7ccccc7)c65)c34)n2)cc1. The van der Waals surface area contributed by atoms with Crippen LogP contribution in [0.15, 0.2) is 237 Å². The number of aromatic nitrogens is 5. The summed E-state index contributed by atoms with van der Waals surface area (Å²) in [7, 11) is 0. The summed E-state index contributed by atoms with van der Waals surface area (Å²) in [6.45, 7) is 0. The van der Waals surface area contributed by atoms with E-state index in [0.29, 0.717) is 17.5 Å². The first-order valence-electron chi connectivity index (χ1n) is 22.8. The van der Waals surface area contributed by atoms with E-state index in [1.165, 1.54) is 42.0 Å². The highest BCUT2D eigenvalue weighted by atomic mass is 32.1. The molecule has 9 aromatic carbocycles. The van der Waals surface area contributed by atoms with Gasteiger partial charge in [-0.2, -0.15) is 0 Å². The third-order valence-corrected chi connectivity index (χ3v) is 14.1. The molecule has 0 atom stereocenters. The summed E-state index contributed by atoms with van der Waals surface area (Å²) < 4.78 is 4.86. The second-order valence-corrected chi connectivity index (χ2v) is 18.0. The largest absolute Gasteiger partial charge is 0.308 e. The molecule has 0 N–H and O–H groups in total. The molecule has 4 heterocycles. The molecular weight excluding hydrogens is 847 g/mol. The fourth-order valence-electron chi connectivity index (χ4n) is 9.77. The van der Waals surface area contributed by atoms with Crippen molar-refractivity contribution in [1.82, 2.24) is 24.5 Å². The fourth-order valence-corrected chi connectivity index (χ4v) is 11.0. The van der Waals surface area contributed by atoms with Gasteiger partial charge in [0.15, 0.2) is 17.5 Å². The first-order valence-corrected chi connectivity index (χ1v) is 23.6. The lowest BCUT2D eigenvalue weighted by molar-refractivity contribution is 1.07. The number of fused-ring (bicyclic) bond motifs is 7. The van der Waals surface area contributed by atoms with Crippen LogP contribution in [0, 0.1) is 0 Å². The van der Waals surface area contributed by atoms with Gasteiger partial charge in [-0.3, -0.25) is 4.98 Å². The quantitative estimate of drug-likeness (QED) is 0.153. The summed E-state index contributed by atoms with van der Waals surface area (Å²) in [5, 5.41) is 4.84. The Morgan fingerprint density at radius 1 is 0.353 bits per heavy atom. The van der Waals surface area contributed by atoms with E-state index in [4.69, 9.17) is 19.9 Å². The first-order chi connectivity index (χ1) is 33.7. The maximum Gasteiger partial charge on any atom is 0.164 e. The zero-order valence-electron chi connectivity index (χ0n) is 36.7. The molecule has 0 unspecified atom stereocenters. The van der Waals surface area contributed by atoms with Gasteiger partial charge in [-0.05, 0) is 64.2 Å². The minimum atomic E-state index is 0.573. The number of hydrogen-bond acceptors (Lipinski definition) is 5. The number of hydrogen-bond donors (Lipinski definition) is 0. The zero-order valence-corrected chi connectivity index (χ0v) is 37.5. The Kier molecular flexibility index (Phi) is 9.62. The maximum atomic E-state index is 5.34. The van der Waals surface area contributed by atoms with Crippen molar-refractivity contribution >= 4 is 53.3 Å². The lowest BCUT2D eigenvalue weighted by atomic mass is 9.91. The van der Waals surface area contributed by atoms with Crippen LogP contribution in [0.2, 0.25) is 0 Å². The predicted octanol–water partition coefficient (Wildman–Crippen LogP) is 16.4. The monoisotopic (exact) mass is 885 g/mol. The first kappa shape index (κ1) is 39.5. The summed E-state index contributed by atoms with van der Waals surface area (Å²) in [5.41, 5.74) is 14.6. The summed E-state index contributed by atoms with van der Waals surface area (Å²) in [6.07, 6.45) is 2.03. The molecule has 13 rings (SSSR count). The average molecular weight is 886 g/mol. The van der Waals surface area contributed by atoms with Crippen molar-refractivity contribution < 1.29 is 0 Å². The summed E-state index contributed by atoms with van der Waals surface area (Å²) in [6, 6.07) is 81.1. The van der Waals surface area contributed by atoms with E-state index < -0.39 is 0 Å². The van der Waals surface area contributed by atoms with Crippen LogP contribution in [0.4, 0.5) is 0 Å². The molecule has 0 saturated heterocycles. The van der Waals surface area contributed by atoms with Crippen LogP contribution in [-0.4, -0.2) is 24.5 Å². The molecule has 0 spiro atoms. The standard InChI is InChI=1S/C62H39N5S/c1-6-19-40(20-7-1)46-34-33-44(37-51(46)41-21-8-2-9-22-41)54-38-52(62-65-60(42-23-10-3-11-24-42)64-61(66-62)43-25-12-4-13-26-43)53(39-63-54)48-30-18-32-56-57(48)50-36-35-49-47-29-16-17-31-55(47)67(58(49)59(50)68-56)45-27-14-5-15-28-45/h1-39H. The van der Waals surface area contributed by atoms with Gasteiger partial charge >= 0.3 is 0 Å². The average Bonchev–Trinajstić information content (AvgIpc) is 3.98. The molecular formula is C62H39N5S. The Morgan fingerprint density at radius 3 is 1.60 bits per heavy atom. The lowest BCUT2D eigenvalue weighted by Crippen LogP contribution is -2.02. The number of pyridine rings is 1. The number of nitrogens with zero attached hydrogens (tertiary/aromatic N) is 5. The molecule has 0 aliphatic carbocycles. The van der Waals surface area contributed by atoms with E-state index in [-0.39, 0.29) is 0 Å². The Hall–Kier alpha value is -8.84. The molecule has 0 radical (unpaired) electrons. The van der Waals surface area contributed by atoms with E-state index >= 15 is 0 Å². The van der Waals surface area contributed by atoms with Crippen molar-refractivity contribution in [2.75, 3.05) is 0 Å². The smallest absolute Gasteiger partial charge is 0.164 e. The van der Waals surface area contributed by atoms with Gasteiger partial charge in [0.2, 0.25) is 0 Å². The van der Waals surface area contributed by atoms with Crippen LogP contribution < -0.4 is 0 Å². The number of rotatable bonds is 8. The molecule has 0 aliphatic heterocycles. The Balaban J connectivity index is 1.08. The minimum Gasteiger partial charge on any atom is -0.308 e. The molecule has 6 heteroatoms. The van der Waals surface area contributed by atoms with Crippen molar-refractivity contribution in [2.45, 2.75) is 0 Å². The van der Waals surface area contributed by atoms with Gasteiger partial charge in [-0.15, -0.1) is 11.3 Å². The Labute approximate surface area is 397 Å². The van der Waals surface area contributed by atoms with Gasteiger partial charge in [0.1, 0.15) is 0 Å². The maximum absolute atomic E-state index is 5.34. The molecule has 13 aromatic rings. The third kappa shape index (κ3) is 6.77. The van der Waals surface area contributed by atoms with Gasteiger partial charge in [0.25, 0.3) is 0 Å².